The van der Waals surface area contributed by atoms with E-state index >= 15 is 0 Å². The van der Waals surface area contributed by atoms with Crippen LogP contribution >= 0.6 is 11.3 Å². The second kappa shape index (κ2) is 7.77. The van der Waals surface area contributed by atoms with E-state index in [4.69, 9.17) is 13.9 Å². The minimum Gasteiger partial charge on any atom is -0.494 e. The number of amides is 1. The van der Waals surface area contributed by atoms with Gasteiger partial charge in [0.2, 0.25) is 0 Å². The van der Waals surface area contributed by atoms with E-state index < -0.39 is 5.91 Å². The van der Waals surface area contributed by atoms with Crippen LogP contribution in [0.2, 0.25) is 0 Å². The number of carbonyl (C=O) groups is 1. The highest BCUT2D eigenvalue weighted by atomic mass is 32.1. The summed E-state index contributed by atoms with van der Waals surface area (Å²) in [7, 11) is 1.57. The van der Waals surface area contributed by atoms with E-state index in [-0.39, 0.29) is 5.89 Å². The van der Waals surface area contributed by atoms with E-state index in [1.54, 1.807) is 13.2 Å². The Kier molecular flexibility index (Phi) is 5.03. The monoisotopic (exact) mass is 386 g/mol. The highest BCUT2D eigenvalue weighted by Crippen LogP contribution is 2.31. The molecule has 0 atom stereocenters. The lowest BCUT2D eigenvalue weighted by Gasteiger charge is -2.29. The molecule has 9 heteroatoms. The van der Waals surface area contributed by atoms with Gasteiger partial charge < -0.3 is 24.1 Å². The first-order valence-electron chi connectivity index (χ1n) is 8.44. The number of hydrogen-bond donors (Lipinski definition) is 1. The van der Waals surface area contributed by atoms with Crippen molar-refractivity contribution >= 4 is 28.6 Å². The van der Waals surface area contributed by atoms with Gasteiger partial charge in [-0.05, 0) is 23.6 Å². The highest BCUT2D eigenvalue weighted by molar-refractivity contribution is 7.13. The number of hydrogen-bond acceptors (Lipinski definition) is 8. The lowest BCUT2D eigenvalue weighted by atomic mass is 10.2. The van der Waals surface area contributed by atoms with Gasteiger partial charge in [0.1, 0.15) is 5.75 Å². The molecule has 1 aliphatic rings. The van der Waals surface area contributed by atoms with Crippen LogP contribution in [-0.2, 0) is 4.74 Å². The summed E-state index contributed by atoms with van der Waals surface area (Å²) in [5.74, 6) is 0.301. The first-order valence-corrected chi connectivity index (χ1v) is 9.32. The minimum absolute atomic E-state index is 0.0993. The van der Waals surface area contributed by atoms with Gasteiger partial charge in [0.05, 0.1) is 30.9 Å². The van der Waals surface area contributed by atoms with Crippen molar-refractivity contribution in [2.75, 3.05) is 43.6 Å². The van der Waals surface area contributed by atoms with Gasteiger partial charge in [-0.2, -0.15) is 0 Å². The molecule has 1 amide bonds. The van der Waals surface area contributed by atoms with Crippen molar-refractivity contribution in [2.45, 2.75) is 0 Å². The number of morpholine rings is 1. The lowest BCUT2D eigenvalue weighted by Crippen LogP contribution is -2.36. The molecule has 0 bridgehead atoms. The Morgan fingerprint density at radius 2 is 2.11 bits per heavy atom. The number of nitrogens with zero attached hydrogens (tertiary/aromatic N) is 3. The first-order chi connectivity index (χ1) is 13.2. The molecule has 140 valence electrons. The van der Waals surface area contributed by atoms with Crippen molar-refractivity contribution in [1.82, 2.24) is 10.2 Å². The van der Waals surface area contributed by atoms with Crippen LogP contribution in [0.25, 0.3) is 10.8 Å². The average Bonchev–Trinajstić information content (AvgIpc) is 3.40. The van der Waals surface area contributed by atoms with Gasteiger partial charge in [-0.3, -0.25) is 4.79 Å². The maximum atomic E-state index is 12.5. The third-order valence-electron chi connectivity index (χ3n) is 4.16. The minimum atomic E-state index is -0.484. The number of thiophene rings is 1. The summed E-state index contributed by atoms with van der Waals surface area (Å²) < 4.78 is 16.3. The quantitative estimate of drug-likeness (QED) is 0.721. The Morgan fingerprint density at radius 3 is 2.85 bits per heavy atom. The summed E-state index contributed by atoms with van der Waals surface area (Å²) in [5, 5.41) is 12.4. The number of ether oxygens (including phenoxy) is 2. The Labute approximate surface area is 159 Å². The van der Waals surface area contributed by atoms with Crippen molar-refractivity contribution < 1.29 is 18.7 Å². The van der Waals surface area contributed by atoms with Crippen LogP contribution in [0.3, 0.4) is 0 Å². The number of methoxy groups -OCH3 is 1. The molecule has 2 aromatic heterocycles. The smallest absolute Gasteiger partial charge is 0.313 e. The van der Waals surface area contributed by atoms with Gasteiger partial charge in [0, 0.05) is 24.8 Å². The lowest BCUT2D eigenvalue weighted by molar-refractivity contribution is 0.0990. The number of anilines is 2. The molecule has 0 unspecified atom stereocenters. The standard InChI is InChI=1S/C18H18N4O4S/c1-24-14-11-12(22-6-8-25-9-7-22)4-5-13(14)19-16(23)18-21-20-17(26-18)15-3-2-10-27-15/h2-5,10-11H,6-9H2,1H3,(H,19,23). The molecular formula is C18H18N4O4S. The van der Waals surface area contributed by atoms with E-state index in [1.165, 1.54) is 11.3 Å². The zero-order chi connectivity index (χ0) is 18.6. The van der Waals surface area contributed by atoms with Crippen molar-refractivity contribution in [3.63, 3.8) is 0 Å². The third kappa shape index (κ3) is 3.79. The molecule has 1 saturated heterocycles. The zero-order valence-corrected chi connectivity index (χ0v) is 15.5. The molecule has 8 nitrogen and oxygen atoms in total. The molecule has 0 radical (unpaired) electrons. The van der Waals surface area contributed by atoms with E-state index in [9.17, 15) is 4.79 Å². The Balaban J connectivity index is 1.50. The second-order valence-electron chi connectivity index (χ2n) is 5.83. The molecule has 0 spiro atoms. The maximum absolute atomic E-state index is 12.5. The van der Waals surface area contributed by atoms with Crippen molar-refractivity contribution in [2.24, 2.45) is 0 Å². The molecular weight excluding hydrogens is 368 g/mol. The normalized spacial score (nSPS) is 14.2. The third-order valence-corrected chi connectivity index (χ3v) is 5.02. The molecule has 1 aromatic carbocycles. The Morgan fingerprint density at radius 1 is 1.26 bits per heavy atom. The molecule has 0 saturated carbocycles. The summed E-state index contributed by atoms with van der Waals surface area (Å²) in [4.78, 5) is 15.5. The van der Waals surface area contributed by atoms with Gasteiger partial charge >= 0.3 is 11.8 Å². The van der Waals surface area contributed by atoms with E-state index in [0.29, 0.717) is 30.5 Å². The summed E-state index contributed by atoms with van der Waals surface area (Å²) >= 11 is 1.46. The average molecular weight is 386 g/mol. The summed E-state index contributed by atoms with van der Waals surface area (Å²) in [6.45, 7) is 3.04. The number of aromatic nitrogens is 2. The fraction of sp³-hybridized carbons (Fsp3) is 0.278. The summed E-state index contributed by atoms with van der Waals surface area (Å²) in [6.07, 6.45) is 0. The van der Waals surface area contributed by atoms with Crippen LogP contribution in [0.4, 0.5) is 11.4 Å². The Bertz CT molecular complexity index is 919. The Hall–Kier alpha value is -2.91. The summed E-state index contributed by atoms with van der Waals surface area (Å²) in [5.41, 5.74) is 1.56. The molecule has 27 heavy (non-hydrogen) atoms. The SMILES string of the molecule is COc1cc(N2CCOCC2)ccc1NC(=O)c1nnc(-c2cccs2)o1. The van der Waals surface area contributed by atoms with Gasteiger partial charge in [-0.1, -0.05) is 6.07 Å². The fourth-order valence-corrected chi connectivity index (χ4v) is 3.44. The van der Waals surface area contributed by atoms with Crippen LogP contribution in [-0.4, -0.2) is 49.5 Å². The van der Waals surface area contributed by atoms with Crippen LogP contribution in [0.15, 0.2) is 40.1 Å². The number of carbonyl (C=O) groups excluding carboxylic acids is 1. The number of nitrogens with one attached hydrogen (secondary N) is 1. The fourth-order valence-electron chi connectivity index (χ4n) is 2.79. The van der Waals surface area contributed by atoms with Crippen LogP contribution in [0, 0.1) is 0 Å². The molecule has 3 heterocycles. The highest BCUT2D eigenvalue weighted by Gasteiger charge is 2.19. The topological polar surface area (TPSA) is 89.7 Å². The molecule has 4 rings (SSSR count). The zero-order valence-electron chi connectivity index (χ0n) is 14.7. The van der Waals surface area contributed by atoms with Gasteiger partial charge in [-0.15, -0.1) is 21.5 Å². The van der Waals surface area contributed by atoms with Gasteiger partial charge in [-0.25, -0.2) is 0 Å². The summed E-state index contributed by atoms with van der Waals surface area (Å²) in [6, 6.07) is 9.37. The van der Waals surface area contributed by atoms with Crippen molar-refractivity contribution in [1.29, 1.82) is 0 Å². The second-order valence-corrected chi connectivity index (χ2v) is 6.78. The van der Waals surface area contributed by atoms with Crippen LogP contribution in [0.5, 0.6) is 5.75 Å². The van der Waals surface area contributed by atoms with Crippen molar-refractivity contribution in [3.05, 3.63) is 41.6 Å². The predicted octanol–water partition coefficient (Wildman–Crippen LogP) is 2.90. The molecule has 1 aliphatic heterocycles. The number of rotatable bonds is 5. The van der Waals surface area contributed by atoms with Crippen molar-refractivity contribution in [3.8, 4) is 16.5 Å². The maximum Gasteiger partial charge on any atom is 0.313 e. The van der Waals surface area contributed by atoms with Crippen LogP contribution in [0.1, 0.15) is 10.7 Å². The van der Waals surface area contributed by atoms with E-state index in [0.717, 1.165) is 23.7 Å². The molecule has 1 N–H and O–H groups in total. The molecule has 1 fully saturated rings. The van der Waals surface area contributed by atoms with Gasteiger partial charge in [0.25, 0.3) is 5.89 Å². The molecule has 3 aromatic rings. The van der Waals surface area contributed by atoms with Gasteiger partial charge in [0.15, 0.2) is 0 Å². The van der Waals surface area contributed by atoms with Crippen LogP contribution < -0.4 is 15.0 Å². The number of benzene rings is 1. The molecule has 0 aliphatic carbocycles. The predicted molar refractivity (Wildman–Crippen MR) is 102 cm³/mol. The van der Waals surface area contributed by atoms with E-state index in [1.807, 2.05) is 29.6 Å². The largest absolute Gasteiger partial charge is 0.494 e. The van der Waals surface area contributed by atoms with E-state index in [2.05, 4.69) is 20.4 Å². The first kappa shape index (κ1) is 17.5.